The summed E-state index contributed by atoms with van der Waals surface area (Å²) in [6.07, 6.45) is 4.89. The molecule has 1 aliphatic rings. The van der Waals surface area contributed by atoms with Crippen LogP contribution in [0.4, 0.5) is 0 Å². The summed E-state index contributed by atoms with van der Waals surface area (Å²) >= 11 is 0. The molecule has 29 heavy (non-hydrogen) atoms. The van der Waals surface area contributed by atoms with Crippen LogP contribution >= 0.6 is 0 Å². The summed E-state index contributed by atoms with van der Waals surface area (Å²) in [6.45, 7) is 12.4. The Hall–Kier alpha value is -1.72. The molecule has 0 amide bonds. The lowest BCUT2D eigenvalue weighted by atomic mass is 10.0. The molecule has 1 N–H and O–H groups in total. The third-order valence-electron chi connectivity index (χ3n) is 6.64. The fourth-order valence-corrected chi connectivity index (χ4v) is 5.05. The zero-order valence-electron chi connectivity index (χ0n) is 19.1. The summed E-state index contributed by atoms with van der Waals surface area (Å²) in [4.78, 5) is 2.75. The zero-order chi connectivity index (χ0) is 21.0. The number of rotatable bonds is 9. The predicted octanol–water partition coefficient (Wildman–Crippen LogP) is 4.86. The fraction of sp³-hybridized carbons (Fsp3) is 0.667. The van der Waals surface area contributed by atoms with Crippen LogP contribution in [0, 0.1) is 6.92 Å². The molecule has 5 nitrogen and oxygen atoms in total. The number of likely N-dealkylation sites (tertiary alicyclic amines) is 1. The highest BCUT2D eigenvalue weighted by Crippen LogP contribution is 2.32. The van der Waals surface area contributed by atoms with E-state index in [4.69, 9.17) is 0 Å². The van der Waals surface area contributed by atoms with Gasteiger partial charge in [0.2, 0.25) is 0 Å². The van der Waals surface area contributed by atoms with Crippen molar-refractivity contribution in [2.45, 2.75) is 90.4 Å². The fourth-order valence-electron chi connectivity index (χ4n) is 5.05. The van der Waals surface area contributed by atoms with Gasteiger partial charge in [0.15, 0.2) is 0 Å². The van der Waals surface area contributed by atoms with Gasteiger partial charge in [0.05, 0.1) is 0 Å². The van der Waals surface area contributed by atoms with Crippen molar-refractivity contribution in [3.05, 3.63) is 47.5 Å². The maximum absolute atomic E-state index is 4.44. The van der Waals surface area contributed by atoms with E-state index in [0.717, 1.165) is 24.6 Å². The van der Waals surface area contributed by atoms with Gasteiger partial charge in [0, 0.05) is 36.6 Å². The molecule has 0 spiro atoms. The molecule has 5 heteroatoms. The highest BCUT2D eigenvalue weighted by atomic mass is 15.3. The summed E-state index contributed by atoms with van der Waals surface area (Å²) in [6, 6.07) is 13.0. The Morgan fingerprint density at radius 1 is 1.10 bits per heavy atom. The minimum absolute atomic E-state index is 0.402. The zero-order valence-corrected chi connectivity index (χ0v) is 19.1. The van der Waals surface area contributed by atoms with Gasteiger partial charge < -0.3 is 9.88 Å². The number of nitrogens with one attached hydrogen (secondary N) is 1. The van der Waals surface area contributed by atoms with Crippen LogP contribution in [0.3, 0.4) is 0 Å². The van der Waals surface area contributed by atoms with Crippen molar-refractivity contribution in [1.29, 1.82) is 0 Å². The first kappa shape index (κ1) is 22.0. The highest BCUT2D eigenvalue weighted by Gasteiger charge is 2.32. The topological polar surface area (TPSA) is 46.0 Å². The Labute approximate surface area is 176 Å². The molecule has 0 bridgehead atoms. The van der Waals surface area contributed by atoms with Gasteiger partial charge in [-0.25, -0.2) is 0 Å². The van der Waals surface area contributed by atoms with Gasteiger partial charge in [0.25, 0.3) is 0 Å². The molecule has 0 radical (unpaired) electrons. The van der Waals surface area contributed by atoms with Gasteiger partial charge in [-0.05, 0) is 59.1 Å². The number of benzene rings is 1. The molecule has 1 aromatic heterocycles. The Morgan fingerprint density at radius 3 is 2.48 bits per heavy atom. The molecule has 1 saturated heterocycles. The van der Waals surface area contributed by atoms with Gasteiger partial charge in [-0.1, -0.05) is 44.2 Å². The molecule has 1 aromatic carbocycles. The summed E-state index contributed by atoms with van der Waals surface area (Å²) in [5, 5.41) is 12.3. The largest absolute Gasteiger partial charge is 0.313 e. The molecule has 1 aliphatic heterocycles. The van der Waals surface area contributed by atoms with Crippen molar-refractivity contribution in [3.63, 3.8) is 0 Å². The lowest BCUT2D eigenvalue weighted by Crippen LogP contribution is -2.38. The quantitative estimate of drug-likeness (QED) is 0.656. The third-order valence-corrected chi connectivity index (χ3v) is 6.64. The predicted molar refractivity (Wildman–Crippen MR) is 120 cm³/mol. The lowest BCUT2D eigenvalue weighted by molar-refractivity contribution is 0.171. The van der Waals surface area contributed by atoms with Gasteiger partial charge in [-0.15, -0.1) is 10.2 Å². The molecular formula is C24H39N5. The van der Waals surface area contributed by atoms with Crippen molar-refractivity contribution in [2.75, 3.05) is 13.6 Å². The first-order chi connectivity index (χ1) is 13.9. The van der Waals surface area contributed by atoms with Crippen LogP contribution < -0.4 is 5.32 Å². The van der Waals surface area contributed by atoms with E-state index in [0.29, 0.717) is 30.1 Å². The molecule has 1 fully saturated rings. The molecule has 0 saturated carbocycles. The van der Waals surface area contributed by atoms with Gasteiger partial charge in [0.1, 0.15) is 11.6 Å². The molecule has 3 rings (SSSR count). The average molecular weight is 398 g/mol. The minimum atomic E-state index is 0.402. The monoisotopic (exact) mass is 397 g/mol. The van der Waals surface area contributed by atoms with Crippen LogP contribution in [0.15, 0.2) is 30.3 Å². The molecule has 2 aromatic rings. The van der Waals surface area contributed by atoms with Crippen molar-refractivity contribution in [3.8, 4) is 0 Å². The number of hydrogen-bond donors (Lipinski definition) is 1. The van der Waals surface area contributed by atoms with E-state index in [9.17, 15) is 0 Å². The Bertz CT molecular complexity index is 754. The van der Waals surface area contributed by atoms with E-state index in [1.54, 1.807) is 0 Å². The van der Waals surface area contributed by atoms with Crippen LogP contribution in [-0.2, 0) is 0 Å². The standard InChI is InChI=1S/C24H39N5/c1-17(2)24-27-26-20(5)29(24)19(4)16-22-13-12-18(3)28(22)15-14-23(25-6)21-10-8-7-9-11-21/h7-11,17-19,22-23,25H,12-16H2,1-6H3. The number of aromatic nitrogens is 3. The maximum Gasteiger partial charge on any atom is 0.135 e. The second kappa shape index (κ2) is 9.86. The minimum Gasteiger partial charge on any atom is -0.313 e. The van der Waals surface area contributed by atoms with Crippen molar-refractivity contribution in [2.24, 2.45) is 0 Å². The van der Waals surface area contributed by atoms with E-state index < -0.39 is 0 Å². The van der Waals surface area contributed by atoms with Crippen LogP contribution in [0.1, 0.15) is 88.6 Å². The molecule has 4 unspecified atom stereocenters. The normalized spacial score (nSPS) is 22.3. The van der Waals surface area contributed by atoms with Gasteiger partial charge >= 0.3 is 0 Å². The summed E-state index contributed by atoms with van der Waals surface area (Å²) < 4.78 is 2.37. The summed E-state index contributed by atoms with van der Waals surface area (Å²) in [5.41, 5.74) is 1.38. The van der Waals surface area contributed by atoms with E-state index >= 15 is 0 Å². The Kier molecular flexibility index (Phi) is 7.47. The van der Waals surface area contributed by atoms with Gasteiger partial charge in [-0.3, -0.25) is 4.90 Å². The first-order valence-corrected chi connectivity index (χ1v) is 11.3. The van der Waals surface area contributed by atoms with Crippen molar-refractivity contribution < 1.29 is 0 Å². The first-order valence-electron chi connectivity index (χ1n) is 11.3. The van der Waals surface area contributed by atoms with E-state index in [2.05, 4.69) is 97.0 Å². The van der Waals surface area contributed by atoms with Gasteiger partial charge in [-0.2, -0.15) is 0 Å². The molecule has 160 valence electrons. The molecular weight excluding hydrogens is 358 g/mol. The van der Waals surface area contributed by atoms with Crippen LogP contribution in [0.2, 0.25) is 0 Å². The van der Waals surface area contributed by atoms with Crippen LogP contribution in [0.5, 0.6) is 0 Å². The number of hydrogen-bond acceptors (Lipinski definition) is 4. The van der Waals surface area contributed by atoms with Crippen molar-refractivity contribution in [1.82, 2.24) is 25.0 Å². The second-order valence-corrected chi connectivity index (χ2v) is 9.07. The summed E-state index contributed by atoms with van der Waals surface area (Å²) in [5.74, 6) is 2.56. The molecule has 2 heterocycles. The van der Waals surface area contributed by atoms with E-state index in [-0.39, 0.29) is 0 Å². The number of nitrogens with zero attached hydrogens (tertiary/aromatic N) is 4. The van der Waals surface area contributed by atoms with E-state index in [1.165, 1.54) is 24.8 Å². The average Bonchev–Trinajstić information content (AvgIpc) is 3.26. The summed E-state index contributed by atoms with van der Waals surface area (Å²) in [7, 11) is 2.08. The smallest absolute Gasteiger partial charge is 0.135 e. The molecule has 4 atom stereocenters. The lowest BCUT2D eigenvalue weighted by Gasteiger charge is -2.32. The SMILES string of the molecule is CNC(CCN1C(C)CCC1CC(C)n1c(C)nnc1C(C)C)c1ccccc1. The molecule has 0 aliphatic carbocycles. The third kappa shape index (κ3) is 5.07. The van der Waals surface area contributed by atoms with Crippen molar-refractivity contribution >= 4 is 0 Å². The Balaban J connectivity index is 1.66. The highest BCUT2D eigenvalue weighted by molar-refractivity contribution is 5.18. The number of aryl methyl sites for hydroxylation is 1. The van der Waals surface area contributed by atoms with Crippen LogP contribution in [0.25, 0.3) is 0 Å². The maximum atomic E-state index is 4.44. The second-order valence-electron chi connectivity index (χ2n) is 9.07. The Morgan fingerprint density at radius 2 is 1.83 bits per heavy atom. The van der Waals surface area contributed by atoms with Crippen LogP contribution in [-0.4, -0.2) is 45.3 Å². The van der Waals surface area contributed by atoms with E-state index in [1.807, 2.05) is 0 Å².